The fourth-order valence-electron chi connectivity index (χ4n) is 2.48. The monoisotopic (exact) mass is 237 g/mol. The Balaban J connectivity index is 2.04. The summed E-state index contributed by atoms with van der Waals surface area (Å²) in [5.41, 5.74) is 6.33. The number of carbonyl (C=O) groups is 1. The van der Waals surface area contributed by atoms with Gasteiger partial charge in [0.25, 0.3) is 5.91 Å². The Morgan fingerprint density at radius 3 is 2.88 bits per heavy atom. The van der Waals surface area contributed by atoms with Crippen LogP contribution in [0.15, 0.2) is 4.42 Å². The molecule has 1 amide bonds. The first-order valence-electron chi connectivity index (χ1n) is 6.06. The summed E-state index contributed by atoms with van der Waals surface area (Å²) in [5.74, 6) is 1.07. The molecule has 5 heteroatoms. The molecule has 0 saturated heterocycles. The fourth-order valence-corrected chi connectivity index (χ4v) is 2.48. The lowest BCUT2D eigenvalue weighted by molar-refractivity contribution is 0.0898. The van der Waals surface area contributed by atoms with Crippen LogP contribution in [0.1, 0.15) is 41.4 Å². The van der Waals surface area contributed by atoms with E-state index in [9.17, 15) is 4.79 Å². The lowest BCUT2D eigenvalue weighted by atomic mass is 10.0. The first-order valence-corrected chi connectivity index (χ1v) is 6.06. The van der Waals surface area contributed by atoms with Gasteiger partial charge in [0.2, 0.25) is 5.76 Å². The summed E-state index contributed by atoms with van der Waals surface area (Å²) in [6.45, 7) is 4.14. The zero-order valence-electron chi connectivity index (χ0n) is 10.3. The minimum absolute atomic E-state index is 0.173. The van der Waals surface area contributed by atoms with Crippen LogP contribution >= 0.6 is 0 Å². The van der Waals surface area contributed by atoms with Crippen molar-refractivity contribution in [2.24, 2.45) is 11.7 Å². The van der Waals surface area contributed by atoms with Crippen molar-refractivity contribution in [1.82, 2.24) is 10.3 Å². The van der Waals surface area contributed by atoms with Gasteiger partial charge in [-0.15, -0.1) is 0 Å². The number of amides is 1. The molecule has 2 atom stereocenters. The molecule has 0 aliphatic heterocycles. The van der Waals surface area contributed by atoms with Gasteiger partial charge in [-0.1, -0.05) is 6.42 Å². The number of aromatic nitrogens is 1. The third-order valence-corrected chi connectivity index (χ3v) is 3.39. The second kappa shape index (κ2) is 4.87. The van der Waals surface area contributed by atoms with Crippen molar-refractivity contribution in [3.63, 3.8) is 0 Å². The van der Waals surface area contributed by atoms with Crippen LogP contribution in [0.2, 0.25) is 0 Å². The molecule has 1 fully saturated rings. The van der Waals surface area contributed by atoms with E-state index in [0.717, 1.165) is 19.3 Å². The van der Waals surface area contributed by atoms with E-state index in [2.05, 4.69) is 10.3 Å². The minimum Gasteiger partial charge on any atom is -0.436 e. The molecule has 17 heavy (non-hydrogen) atoms. The Bertz CT molecular complexity index is 414. The van der Waals surface area contributed by atoms with Crippen molar-refractivity contribution in [3.8, 4) is 0 Å². The van der Waals surface area contributed by atoms with Gasteiger partial charge in [0, 0.05) is 13.0 Å². The summed E-state index contributed by atoms with van der Waals surface area (Å²) in [4.78, 5) is 16.1. The zero-order chi connectivity index (χ0) is 12.4. The number of nitrogens with zero attached hydrogens (tertiary/aromatic N) is 1. The number of hydrogen-bond donors (Lipinski definition) is 2. The quantitative estimate of drug-likeness (QED) is 0.826. The van der Waals surface area contributed by atoms with Gasteiger partial charge in [-0.25, -0.2) is 4.98 Å². The third kappa shape index (κ3) is 2.49. The third-order valence-electron chi connectivity index (χ3n) is 3.39. The molecule has 1 aliphatic carbocycles. The van der Waals surface area contributed by atoms with Crippen molar-refractivity contribution in [2.45, 2.75) is 39.2 Å². The highest BCUT2D eigenvalue weighted by Crippen LogP contribution is 2.25. The molecule has 2 rings (SSSR count). The van der Waals surface area contributed by atoms with E-state index in [1.807, 2.05) is 0 Å². The second-order valence-electron chi connectivity index (χ2n) is 4.65. The van der Waals surface area contributed by atoms with Crippen LogP contribution < -0.4 is 11.1 Å². The molecule has 1 aromatic heterocycles. The summed E-state index contributed by atoms with van der Waals surface area (Å²) in [5, 5.41) is 3.00. The molecule has 1 saturated carbocycles. The largest absolute Gasteiger partial charge is 0.436 e. The molecule has 0 bridgehead atoms. The Labute approximate surface area is 101 Å². The van der Waals surface area contributed by atoms with Crippen LogP contribution in [-0.4, -0.2) is 23.5 Å². The zero-order valence-corrected chi connectivity index (χ0v) is 10.3. The summed E-state index contributed by atoms with van der Waals surface area (Å²) in [6, 6.07) is 0.178. The molecular weight excluding hydrogens is 218 g/mol. The SMILES string of the molecule is Cc1nc(C)c(C(=O)NC2CCCC2CN)o1. The maximum absolute atomic E-state index is 12.0. The highest BCUT2D eigenvalue weighted by atomic mass is 16.4. The number of nitrogens with one attached hydrogen (secondary N) is 1. The van der Waals surface area contributed by atoms with Crippen LogP contribution in [0.3, 0.4) is 0 Å². The molecule has 3 N–H and O–H groups in total. The molecule has 94 valence electrons. The smallest absolute Gasteiger partial charge is 0.289 e. The van der Waals surface area contributed by atoms with Crippen LogP contribution in [-0.2, 0) is 0 Å². The maximum Gasteiger partial charge on any atom is 0.289 e. The van der Waals surface area contributed by atoms with Gasteiger partial charge in [-0.2, -0.15) is 0 Å². The molecule has 5 nitrogen and oxygen atoms in total. The van der Waals surface area contributed by atoms with E-state index in [1.165, 1.54) is 0 Å². The van der Waals surface area contributed by atoms with Crippen molar-refractivity contribution in [1.29, 1.82) is 0 Å². The highest BCUT2D eigenvalue weighted by molar-refractivity contribution is 5.92. The molecule has 1 aliphatic rings. The number of oxazole rings is 1. The average molecular weight is 237 g/mol. The minimum atomic E-state index is -0.173. The van der Waals surface area contributed by atoms with Gasteiger partial charge in [-0.3, -0.25) is 4.79 Å². The molecule has 0 spiro atoms. The van der Waals surface area contributed by atoms with E-state index in [-0.39, 0.29) is 11.9 Å². The number of hydrogen-bond acceptors (Lipinski definition) is 4. The first kappa shape index (κ1) is 12.1. The first-order chi connectivity index (χ1) is 8.11. The summed E-state index contributed by atoms with van der Waals surface area (Å²) in [7, 11) is 0. The molecule has 1 aromatic rings. The molecule has 0 radical (unpaired) electrons. The lowest BCUT2D eigenvalue weighted by Gasteiger charge is -2.18. The summed E-state index contributed by atoms with van der Waals surface area (Å²) in [6.07, 6.45) is 3.22. The lowest BCUT2D eigenvalue weighted by Crippen LogP contribution is -2.39. The van der Waals surface area contributed by atoms with E-state index in [1.54, 1.807) is 13.8 Å². The van der Waals surface area contributed by atoms with Gasteiger partial charge in [0.15, 0.2) is 5.89 Å². The molecular formula is C12H19N3O2. The Morgan fingerprint density at radius 1 is 1.53 bits per heavy atom. The predicted octanol–water partition coefficient (Wildman–Crippen LogP) is 1.15. The number of nitrogens with two attached hydrogens (primary N) is 1. The van der Waals surface area contributed by atoms with E-state index in [4.69, 9.17) is 10.2 Å². The van der Waals surface area contributed by atoms with Gasteiger partial charge in [0.1, 0.15) is 0 Å². The molecule has 1 heterocycles. The van der Waals surface area contributed by atoms with Gasteiger partial charge in [-0.05, 0) is 32.2 Å². The van der Waals surface area contributed by atoms with Crippen molar-refractivity contribution in [3.05, 3.63) is 17.3 Å². The average Bonchev–Trinajstić information content (AvgIpc) is 2.84. The van der Waals surface area contributed by atoms with E-state index < -0.39 is 0 Å². The van der Waals surface area contributed by atoms with Crippen molar-refractivity contribution in [2.75, 3.05) is 6.54 Å². The standard InChI is InChI=1S/C12H19N3O2/c1-7-11(17-8(2)14-7)12(16)15-10-5-3-4-9(10)6-13/h9-10H,3-6,13H2,1-2H3,(H,15,16). The number of aryl methyl sites for hydroxylation is 2. The Kier molecular flexibility index (Phi) is 3.47. The number of rotatable bonds is 3. The van der Waals surface area contributed by atoms with Crippen LogP contribution in [0.5, 0.6) is 0 Å². The maximum atomic E-state index is 12.0. The van der Waals surface area contributed by atoms with Gasteiger partial charge in [0.05, 0.1) is 5.69 Å². The van der Waals surface area contributed by atoms with Gasteiger partial charge < -0.3 is 15.5 Å². The normalized spacial score (nSPS) is 23.9. The fraction of sp³-hybridized carbons (Fsp3) is 0.667. The number of carbonyl (C=O) groups excluding carboxylic acids is 1. The highest BCUT2D eigenvalue weighted by Gasteiger charge is 2.29. The summed E-state index contributed by atoms with van der Waals surface area (Å²) < 4.78 is 5.30. The predicted molar refractivity (Wildman–Crippen MR) is 63.6 cm³/mol. The summed E-state index contributed by atoms with van der Waals surface area (Å²) >= 11 is 0. The Morgan fingerprint density at radius 2 is 2.29 bits per heavy atom. The topological polar surface area (TPSA) is 81.2 Å². The van der Waals surface area contributed by atoms with Crippen LogP contribution in [0.25, 0.3) is 0 Å². The molecule has 2 unspecified atom stereocenters. The van der Waals surface area contributed by atoms with Gasteiger partial charge >= 0.3 is 0 Å². The second-order valence-corrected chi connectivity index (χ2v) is 4.65. The van der Waals surface area contributed by atoms with E-state index in [0.29, 0.717) is 29.8 Å². The van der Waals surface area contributed by atoms with E-state index >= 15 is 0 Å². The van der Waals surface area contributed by atoms with Crippen molar-refractivity contribution >= 4 is 5.91 Å². The van der Waals surface area contributed by atoms with Crippen LogP contribution in [0, 0.1) is 19.8 Å². The molecule has 0 aromatic carbocycles. The van der Waals surface area contributed by atoms with Crippen molar-refractivity contribution < 1.29 is 9.21 Å². The van der Waals surface area contributed by atoms with Crippen LogP contribution in [0.4, 0.5) is 0 Å². The Hall–Kier alpha value is -1.36.